The molecule has 0 amide bonds. The molecule has 0 aliphatic rings. The topological polar surface area (TPSA) is 17.8 Å². The summed E-state index contributed by atoms with van der Waals surface area (Å²) < 4.78 is 2.04. The molecule has 1 heterocycles. The van der Waals surface area contributed by atoms with Crippen molar-refractivity contribution in [2.75, 3.05) is 0 Å². The Labute approximate surface area is 94.2 Å². The van der Waals surface area contributed by atoms with E-state index in [2.05, 4.69) is 47.4 Å². The molecule has 16 heavy (non-hydrogen) atoms. The number of hydrogen-bond acceptors (Lipinski definition) is 1. The van der Waals surface area contributed by atoms with Crippen LogP contribution in [-0.2, 0) is 0 Å². The fraction of sp³-hybridized carbons (Fsp3) is 0.0714. The number of imidazole rings is 1. The average molecular weight is 208 g/mol. The van der Waals surface area contributed by atoms with Gasteiger partial charge in [0.05, 0.1) is 12.0 Å². The maximum absolute atomic E-state index is 4.24. The summed E-state index contributed by atoms with van der Waals surface area (Å²) in [5, 5.41) is 2.52. The lowest BCUT2D eigenvalue weighted by Gasteiger charge is -2.03. The maximum Gasteiger partial charge on any atom is 0.0995 e. The molecular formula is C14H12N2. The highest BCUT2D eigenvalue weighted by Crippen LogP contribution is 2.18. The Balaban J connectivity index is 2.18. The number of aryl methyl sites for hydroxylation is 1. The SMILES string of the molecule is Cc1cn(-c2ccc3ccccc3c2)cn1. The highest BCUT2D eigenvalue weighted by molar-refractivity contribution is 5.84. The fourth-order valence-corrected chi connectivity index (χ4v) is 1.90. The van der Waals surface area contributed by atoms with Crippen molar-refractivity contribution >= 4 is 10.8 Å². The molecule has 0 aliphatic carbocycles. The van der Waals surface area contributed by atoms with Gasteiger partial charge in [-0.3, -0.25) is 0 Å². The summed E-state index contributed by atoms with van der Waals surface area (Å²) in [7, 11) is 0. The third-order valence-corrected chi connectivity index (χ3v) is 2.74. The normalized spacial score (nSPS) is 10.8. The Morgan fingerprint density at radius 2 is 1.81 bits per heavy atom. The summed E-state index contributed by atoms with van der Waals surface area (Å²) in [5.41, 5.74) is 2.19. The van der Waals surface area contributed by atoms with Gasteiger partial charge in [-0.25, -0.2) is 4.98 Å². The van der Waals surface area contributed by atoms with Gasteiger partial charge in [-0.2, -0.15) is 0 Å². The molecule has 3 aromatic rings. The van der Waals surface area contributed by atoms with Gasteiger partial charge in [0.25, 0.3) is 0 Å². The van der Waals surface area contributed by atoms with Gasteiger partial charge in [0.15, 0.2) is 0 Å². The van der Waals surface area contributed by atoms with Crippen molar-refractivity contribution in [3.63, 3.8) is 0 Å². The van der Waals surface area contributed by atoms with Gasteiger partial charge in [0.1, 0.15) is 0 Å². The molecule has 2 aromatic carbocycles. The molecule has 0 saturated carbocycles. The van der Waals surface area contributed by atoms with Crippen molar-refractivity contribution in [1.82, 2.24) is 9.55 Å². The summed E-state index contributed by atoms with van der Waals surface area (Å²) in [6.07, 6.45) is 3.88. The lowest BCUT2D eigenvalue weighted by atomic mass is 10.1. The Hall–Kier alpha value is -2.09. The van der Waals surface area contributed by atoms with Crippen LogP contribution in [-0.4, -0.2) is 9.55 Å². The van der Waals surface area contributed by atoms with Crippen LogP contribution in [0, 0.1) is 6.92 Å². The molecule has 0 atom stereocenters. The van der Waals surface area contributed by atoms with Crippen LogP contribution in [0.1, 0.15) is 5.69 Å². The molecule has 0 saturated heterocycles. The molecule has 1 aromatic heterocycles. The average Bonchev–Trinajstić information content (AvgIpc) is 2.75. The highest BCUT2D eigenvalue weighted by atomic mass is 15.0. The van der Waals surface area contributed by atoms with Crippen LogP contribution in [0.15, 0.2) is 55.0 Å². The number of fused-ring (bicyclic) bond motifs is 1. The first-order valence-electron chi connectivity index (χ1n) is 5.33. The molecule has 2 nitrogen and oxygen atoms in total. The van der Waals surface area contributed by atoms with Gasteiger partial charge in [0.2, 0.25) is 0 Å². The van der Waals surface area contributed by atoms with Crippen LogP contribution in [0.3, 0.4) is 0 Å². The van der Waals surface area contributed by atoms with Gasteiger partial charge < -0.3 is 4.57 Å². The van der Waals surface area contributed by atoms with Gasteiger partial charge in [-0.15, -0.1) is 0 Å². The van der Waals surface area contributed by atoms with E-state index in [4.69, 9.17) is 0 Å². The molecule has 2 heteroatoms. The number of hydrogen-bond donors (Lipinski definition) is 0. The highest BCUT2D eigenvalue weighted by Gasteiger charge is 1.98. The van der Waals surface area contributed by atoms with E-state index in [-0.39, 0.29) is 0 Å². The van der Waals surface area contributed by atoms with Crippen LogP contribution in [0.5, 0.6) is 0 Å². The quantitative estimate of drug-likeness (QED) is 0.599. The molecule has 0 aliphatic heterocycles. The minimum Gasteiger partial charge on any atom is -0.306 e. The van der Waals surface area contributed by atoms with Crippen molar-refractivity contribution in [1.29, 1.82) is 0 Å². The molecule has 78 valence electrons. The van der Waals surface area contributed by atoms with Gasteiger partial charge in [-0.05, 0) is 29.8 Å². The van der Waals surface area contributed by atoms with Gasteiger partial charge >= 0.3 is 0 Å². The lowest BCUT2D eigenvalue weighted by Crippen LogP contribution is -1.89. The summed E-state index contributed by atoms with van der Waals surface area (Å²) in [5.74, 6) is 0. The zero-order valence-corrected chi connectivity index (χ0v) is 9.09. The molecule has 0 N–H and O–H groups in total. The van der Waals surface area contributed by atoms with Crippen LogP contribution >= 0.6 is 0 Å². The smallest absolute Gasteiger partial charge is 0.0995 e. The third-order valence-electron chi connectivity index (χ3n) is 2.74. The van der Waals surface area contributed by atoms with Crippen molar-refractivity contribution in [3.05, 3.63) is 60.7 Å². The number of benzene rings is 2. The fourth-order valence-electron chi connectivity index (χ4n) is 1.90. The van der Waals surface area contributed by atoms with E-state index in [9.17, 15) is 0 Å². The predicted octanol–water partition coefficient (Wildman–Crippen LogP) is 3.33. The minimum atomic E-state index is 1.04. The maximum atomic E-state index is 4.24. The van der Waals surface area contributed by atoms with E-state index >= 15 is 0 Å². The van der Waals surface area contributed by atoms with Crippen LogP contribution in [0.4, 0.5) is 0 Å². The second-order valence-electron chi connectivity index (χ2n) is 3.95. The van der Waals surface area contributed by atoms with Crippen molar-refractivity contribution < 1.29 is 0 Å². The van der Waals surface area contributed by atoms with Crippen LogP contribution in [0.2, 0.25) is 0 Å². The summed E-state index contributed by atoms with van der Waals surface area (Å²) >= 11 is 0. The summed E-state index contributed by atoms with van der Waals surface area (Å²) in [6, 6.07) is 14.8. The minimum absolute atomic E-state index is 1.04. The largest absolute Gasteiger partial charge is 0.306 e. The van der Waals surface area contributed by atoms with E-state index in [1.54, 1.807) is 0 Å². The third kappa shape index (κ3) is 1.48. The monoisotopic (exact) mass is 208 g/mol. The standard InChI is InChI=1S/C14H12N2/c1-11-9-16(10-15-11)14-7-6-12-4-2-3-5-13(12)8-14/h2-10H,1H3. The van der Waals surface area contributed by atoms with Crippen LogP contribution < -0.4 is 0 Å². The predicted molar refractivity (Wildman–Crippen MR) is 65.8 cm³/mol. The Kier molecular flexibility index (Phi) is 2.00. The lowest BCUT2D eigenvalue weighted by molar-refractivity contribution is 1.06. The molecule has 0 unspecified atom stereocenters. The van der Waals surface area contributed by atoms with Crippen LogP contribution in [0.25, 0.3) is 16.5 Å². The van der Waals surface area contributed by atoms with Crippen molar-refractivity contribution in [2.45, 2.75) is 6.92 Å². The van der Waals surface area contributed by atoms with Crippen molar-refractivity contribution in [2.24, 2.45) is 0 Å². The molecule has 0 spiro atoms. The zero-order chi connectivity index (χ0) is 11.0. The summed E-state index contributed by atoms with van der Waals surface area (Å²) in [6.45, 7) is 2.00. The molecule has 0 bridgehead atoms. The second-order valence-corrected chi connectivity index (χ2v) is 3.95. The van der Waals surface area contributed by atoms with E-state index in [1.165, 1.54) is 10.8 Å². The molecule has 0 radical (unpaired) electrons. The number of aromatic nitrogens is 2. The van der Waals surface area contributed by atoms with Crippen molar-refractivity contribution in [3.8, 4) is 5.69 Å². The number of rotatable bonds is 1. The molecule has 0 fully saturated rings. The first-order valence-corrected chi connectivity index (χ1v) is 5.33. The first kappa shape index (κ1) is 9.16. The second kappa shape index (κ2) is 3.49. The Bertz CT molecular complexity index is 638. The molecule has 3 rings (SSSR count). The summed E-state index contributed by atoms with van der Waals surface area (Å²) in [4.78, 5) is 4.24. The zero-order valence-electron chi connectivity index (χ0n) is 9.09. The first-order chi connectivity index (χ1) is 7.83. The molecular weight excluding hydrogens is 196 g/mol. The van der Waals surface area contributed by atoms with Gasteiger partial charge in [-0.1, -0.05) is 30.3 Å². The van der Waals surface area contributed by atoms with Gasteiger partial charge in [0, 0.05) is 11.9 Å². The number of nitrogens with zero attached hydrogens (tertiary/aromatic N) is 2. The van der Waals surface area contributed by atoms with E-state index < -0.39 is 0 Å². The van der Waals surface area contributed by atoms with E-state index in [0.717, 1.165) is 11.4 Å². The van der Waals surface area contributed by atoms with E-state index in [1.807, 2.05) is 24.0 Å². The Morgan fingerprint density at radius 1 is 1.00 bits per heavy atom. The van der Waals surface area contributed by atoms with E-state index in [0.29, 0.717) is 0 Å². The Morgan fingerprint density at radius 3 is 2.56 bits per heavy atom.